The molecule has 4 aromatic rings. The number of anilines is 2. The van der Waals surface area contributed by atoms with Crippen molar-refractivity contribution in [2.24, 2.45) is 0 Å². The minimum atomic E-state index is -3.57. The molecule has 47 heavy (non-hydrogen) atoms. The number of carbonyl (C=O) groups is 1. The van der Waals surface area contributed by atoms with Gasteiger partial charge in [0.15, 0.2) is 0 Å². The molecule has 2 aromatic heterocycles. The predicted octanol–water partition coefficient (Wildman–Crippen LogP) is 5.44. The van der Waals surface area contributed by atoms with Gasteiger partial charge < -0.3 is 14.8 Å². The van der Waals surface area contributed by atoms with Crippen LogP contribution in [0.4, 0.5) is 20.6 Å². The summed E-state index contributed by atoms with van der Waals surface area (Å²) < 4.78 is 52.1. The minimum absolute atomic E-state index is 0.0616. The number of ether oxygens (including phenoxy) is 2. The number of hydrogen-bond donors (Lipinski definition) is 1. The first kappa shape index (κ1) is 32.5. The van der Waals surface area contributed by atoms with Crippen LogP contribution in [0.25, 0.3) is 0 Å². The lowest BCUT2D eigenvalue weighted by atomic mass is 10.0. The highest BCUT2D eigenvalue weighted by molar-refractivity contribution is 7.89. The number of piperidine rings is 1. The first-order valence-electron chi connectivity index (χ1n) is 15.6. The number of nitrogens with one attached hydrogen (secondary N) is 1. The normalized spacial score (nSPS) is 16.5. The van der Waals surface area contributed by atoms with E-state index in [1.165, 1.54) is 16.4 Å². The number of urea groups is 1. The Morgan fingerprint density at radius 2 is 1.74 bits per heavy atom. The van der Waals surface area contributed by atoms with Crippen LogP contribution < -0.4 is 15.0 Å². The van der Waals surface area contributed by atoms with Gasteiger partial charge in [-0.25, -0.2) is 22.6 Å². The van der Waals surface area contributed by atoms with Crippen molar-refractivity contribution < 1.29 is 27.1 Å². The number of aromatic nitrogens is 2. The summed E-state index contributed by atoms with van der Waals surface area (Å²) in [7, 11) is -3.57. The van der Waals surface area contributed by atoms with Gasteiger partial charge in [-0.2, -0.15) is 4.31 Å². The molecule has 246 valence electrons. The molecule has 2 aliphatic heterocycles. The Morgan fingerprint density at radius 1 is 0.979 bits per heavy atom. The molecule has 11 nitrogen and oxygen atoms in total. The summed E-state index contributed by atoms with van der Waals surface area (Å²) in [6.45, 7) is 5.59. The fraction of sp³-hybridized carbons (Fsp3) is 0.324. The van der Waals surface area contributed by atoms with E-state index in [0.717, 1.165) is 37.2 Å². The van der Waals surface area contributed by atoms with E-state index in [1.807, 2.05) is 25.1 Å². The van der Waals surface area contributed by atoms with E-state index in [1.54, 1.807) is 59.8 Å². The van der Waals surface area contributed by atoms with Crippen LogP contribution in [0.3, 0.4) is 0 Å². The molecular formula is C34H37FN6O5S. The molecular weight excluding hydrogens is 623 g/mol. The van der Waals surface area contributed by atoms with Crippen molar-refractivity contribution in [2.45, 2.75) is 37.2 Å². The van der Waals surface area contributed by atoms with Crippen molar-refractivity contribution in [3.63, 3.8) is 0 Å². The molecule has 2 fully saturated rings. The van der Waals surface area contributed by atoms with Gasteiger partial charge in [0.25, 0.3) is 0 Å². The Kier molecular flexibility index (Phi) is 10.1. The summed E-state index contributed by atoms with van der Waals surface area (Å²) in [4.78, 5) is 26.6. The smallest absolute Gasteiger partial charge is 0.326 e. The molecule has 2 aliphatic rings. The van der Waals surface area contributed by atoms with Crippen molar-refractivity contribution in [2.75, 3.05) is 49.6 Å². The van der Waals surface area contributed by atoms with Gasteiger partial charge in [0.2, 0.25) is 15.9 Å². The molecule has 0 bridgehead atoms. The third-order valence-corrected chi connectivity index (χ3v) is 10.2. The van der Waals surface area contributed by atoms with E-state index in [-0.39, 0.29) is 17.0 Å². The number of carbonyl (C=O) groups excluding carboxylic acids is 1. The molecule has 0 aliphatic carbocycles. The fourth-order valence-electron chi connectivity index (χ4n) is 5.74. The number of aryl methyl sites for hydroxylation is 1. The zero-order valence-corrected chi connectivity index (χ0v) is 26.9. The topological polar surface area (TPSA) is 117 Å². The molecule has 2 amide bonds. The van der Waals surface area contributed by atoms with Crippen molar-refractivity contribution in [1.82, 2.24) is 19.2 Å². The number of amides is 2. The predicted molar refractivity (Wildman–Crippen MR) is 176 cm³/mol. The molecule has 2 saturated heterocycles. The average Bonchev–Trinajstić information content (AvgIpc) is 3.08. The summed E-state index contributed by atoms with van der Waals surface area (Å²) in [5.41, 5.74) is 2.96. The standard InChI is InChI=1S/C34H37FN6O5S/c1-25-5-7-30(23-36-25)41(34(42)38-28-4-2-3-27(35)21-28)29-13-15-39(16-14-29)24-26-6-12-33(37-22-26)46-31-8-10-32(11-9-31)47(43,44)40-17-19-45-20-18-40/h2-12,21-23,29H,13-20,24H2,1H3,(H,38,42). The molecule has 6 rings (SSSR count). The second kappa shape index (κ2) is 14.6. The summed E-state index contributed by atoms with van der Waals surface area (Å²) in [6.07, 6.45) is 4.96. The second-order valence-electron chi connectivity index (χ2n) is 11.6. The van der Waals surface area contributed by atoms with Crippen LogP contribution in [0.2, 0.25) is 0 Å². The van der Waals surface area contributed by atoms with Gasteiger partial charge in [-0.3, -0.25) is 14.8 Å². The molecule has 0 spiro atoms. The fourth-order valence-corrected chi connectivity index (χ4v) is 7.15. The number of hydrogen-bond acceptors (Lipinski definition) is 8. The average molecular weight is 661 g/mol. The maximum atomic E-state index is 13.8. The van der Waals surface area contributed by atoms with Crippen LogP contribution in [0.5, 0.6) is 11.6 Å². The zero-order valence-electron chi connectivity index (χ0n) is 26.1. The first-order valence-corrected chi connectivity index (χ1v) is 17.0. The summed E-state index contributed by atoms with van der Waals surface area (Å²) >= 11 is 0. The number of morpholine rings is 1. The van der Waals surface area contributed by atoms with Crippen LogP contribution in [0, 0.1) is 12.7 Å². The quantitative estimate of drug-likeness (QED) is 0.252. The Hall–Kier alpha value is -4.43. The Bertz CT molecular complexity index is 1760. The number of likely N-dealkylation sites (tertiary alicyclic amines) is 1. The van der Waals surface area contributed by atoms with Crippen molar-refractivity contribution in [1.29, 1.82) is 0 Å². The first-order chi connectivity index (χ1) is 22.7. The Morgan fingerprint density at radius 3 is 2.40 bits per heavy atom. The van der Waals surface area contributed by atoms with Crippen LogP contribution in [-0.4, -0.2) is 79.1 Å². The lowest BCUT2D eigenvalue weighted by Crippen LogP contribution is -2.49. The number of nitrogens with zero attached hydrogens (tertiary/aromatic N) is 5. The molecule has 0 unspecified atom stereocenters. The van der Waals surface area contributed by atoms with E-state index >= 15 is 0 Å². The summed E-state index contributed by atoms with van der Waals surface area (Å²) in [5, 5.41) is 2.84. The summed E-state index contributed by atoms with van der Waals surface area (Å²) in [5.74, 6) is 0.478. The SMILES string of the molecule is Cc1ccc(N(C(=O)Nc2cccc(F)c2)C2CCN(Cc3ccc(Oc4ccc(S(=O)(=O)N5CCOCC5)cc4)nc3)CC2)cn1. The molecule has 0 radical (unpaired) electrons. The third-order valence-electron chi connectivity index (χ3n) is 8.25. The van der Waals surface area contributed by atoms with Gasteiger partial charge in [-0.15, -0.1) is 0 Å². The Balaban J connectivity index is 1.04. The lowest BCUT2D eigenvalue weighted by Gasteiger charge is -2.38. The lowest BCUT2D eigenvalue weighted by molar-refractivity contribution is 0.0730. The number of halogens is 1. The number of benzene rings is 2. The molecule has 2 aromatic carbocycles. The van der Waals surface area contributed by atoms with E-state index in [9.17, 15) is 17.6 Å². The van der Waals surface area contributed by atoms with Crippen LogP contribution >= 0.6 is 0 Å². The van der Waals surface area contributed by atoms with Crippen molar-refractivity contribution >= 4 is 27.4 Å². The molecule has 4 heterocycles. The molecule has 13 heteroatoms. The van der Waals surface area contributed by atoms with Crippen LogP contribution in [0.15, 0.2) is 90.1 Å². The third kappa shape index (κ3) is 8.11. The number of pyridine rings is 2. The van der Waals surface area contributed by atoms with Crippen molar-refractivity contribution in [3.05, 3.63) is 102 Å². The number of sulfonamides is 1. The van der Waals surface area contributed by atoms with Crippen molar-refractivity contribution in [3.8, 4) is 11.6 Å². The highest BCUT2D eigenvalue weighted by Gasteiger charge is 2.30. The molecule has 1 N–H and O–H groups in total. The van der Waals surface area contributed by atoms with E-state index in [0.29, 0.717) is 55.9 Å². The summed E-state index contributed by atoms with van der Waals surface area (Å²) in [6, 6.07) is 19.3. The van der Waals surface area contributed by atoms with Gasteiger partial charge >= 0.3 is 6.03 Å². The second-order valence-corrected chi connectivity index (χ2v) is 13.5. The highest BCUT2D eigenvalue weighted by Crippen LogP contribution is 2.27. The molecule has 0 atom stereocenters. The van der Waals surface area contributed by atoms with Gasteiger partial charge in [0.05, 0.1) is 30.0 Å². The maximum absolute atomic E-state index is 13.8. The monoisotopic (exact) mass is 660 g/mol. The van der Waals surface area contributed by atoms with Crippen LogP contribution in [-0.2, 0) is 21.3 Å². The van der Waals surface area contributed by atoms with Crippen LogP contribution in [0.1, 0.15) is 24.1 Å². The van der Waals surface area contributed by atoms with E-state index in [4.69, 9.17) is 9.47 Å². The number of rotatable bonds is 9. The van der Waals surface area contributed by atoms with Gasteiger partial charge in [0, 0.05) is 62.4 Å². The zero-order chi connectivity index (χ0) is 32.8. The largest absolute Gasteiger partial charge is 0.439 e. The Labute approximate surface area is 274 Å². The molecule has 0 saturated carbocycles. The van der Waals surface area contributed by atoms with Gasteiger partial charge in [-0.1, -0.05) is 12.1 Å². The highest BCUT2D eigenvalue weighted by atomic mass is 32.2. The van der Waals surface area contributed by atoms with E-state index in [2.05, 4.69) is 20.2 Å². The minimum Gasteiger partial charge on any atom is -0.439 e. The van der Waals surface area contributed by atoms with E-state index < -0.39 is 15.8 Å². The van der Waals surface area contributed by atoms with Gasteiger partial charge in [-0.05, 0) is 79.9 Å². The van der Waals surface area contributed by atoms with Gasteiger partial charge in [0.1, 0.15) is 11.6 Å². The maximum Gasteiger partial charge on any atom is 0.326 e.